The molecule has 1 fully saturated rings. The smallest absolute Gasteiger partial charge is 0.321 e. The van der Waals surface area contributed by atoms with E-state index in [2.05, 4.69) is 15.5 Å². The van der Waals surface area contributed by atoms with Gasteiger partial charge in [0.2, 0.25) is 0 Å². The molecule has 2 aromatic rings. The van der Waals surface area contributed by atoms with Gasteiger partial charge in [0, 0.05) is 30.0 Å². The molecule has 0 spiro atoms. The van der Waals surface area contributed by atoms with E-state index in [1.807, 2.05) is 9.79 Å². The number of amides is 3. The van der Waals surface area contributed by atoms with Gasteiger partial charge in [0.15, 0.2) is 0 Å². The van der Waals surface area contributed by atoms with Gasteiger partial charge in [0.1, 0.15) is 0 Å². The second kappa shape index (κ2) is 10.4. The summed E-state index contributed by atoms with van der Waals surface area (Å²) in [6.07, 6.45) is 4.35. The molecule has 0 radical (unpaired) electrons. The van der Waals surface area contributed by atoms with Gasteiger partial charge in [0.05, 0.1) is 12.0 Å². The molecule has 3 amide bonds. The second-order valence-electron chi connectivity index (χ2n) is 7.18. The van der Waals surface area contributed by atoms with Gasteiger partial charge < -0.3 is 15.5 Å². The van der Waals surface area contributed by atoms with Crippen molar-refractivity contribution in [3.8, 4) is 0 Å². The molecule has 1 heterocycles. The number of rotatable bonds is 6. The highest BCUT2D eigenvalue weighted by Gasteiger charge is 2.16. The predicted molar refractivity (Wildman–Crippen MR) is 117 cm³/mol. The van der Waals surface area contributed by atoms with E-state index in [-0.39, 0.29) is 16.8 Å². The van der Waals surface area contributed by atoms with Crippen LogP contribution in [0.15, 0.2) is 53.4 Å². The Morgan fingerprint density at radius 2 is 1.39 bits per heavy atom. The number of likely N-dealkylation sites (tertiary alicyclic amines) is 1. The lowest BCUT2D eigenvalue weighted by Crippen LogP contribution is -2.35. The highest BCUT2D eigenvalue weighted by Crippen LogP contribution is 2.17. The van der Waals surface area contributed by atoms with Gasteiger partial charge in [-0.1, -0.05) is 17.7 Å². The standard InChI is InChI=1S/C21H26N4O5S/c1-30-24-31(28,29)19-12-6-16(7-13-19)20(26)22-17-8-10-18(11-9-17)23-21(27)25-14-4-2-3-5-15-25/h6-13,24H,2-5,14-15H2,1H3,(H,22,26)(H,23,27). The molecular weight excluding hydrogens is 420 g/mol. The van der Waals surface area contributed by atoms with E-state index in [9.17, 15) is 18.0 Å². The maximum atomic E-state index is 12.4. The summed E-state index contributed by atoms with van der Waals surface area (Å²) in [6.45, 7) is 1.53. The first-order valence-corrected chi connectivity index (χ1v) is 11.5. The lowest BCUT2D eigenvalue weighted by atomic mass is 10.2. The van der Waals surface area contributed by atoms with Crippen molar-refractivity contribution in [2.24, 2.45) is 0 Å². The third-order valence-corrected chi connectivity index (χ3v) is 6.19. The van der Waals surface area contributed by atoms with Gasteiger partial charge in [-0.3, -0.25) is 9.63 Å². The average molecular weight is 447 g/mol. The first-order chi connectivity index (χ1) is 14.9. The van der Waals surface area contributed by atoms with Crippen molar-refractivity contribution in [2.75, 3.05) is 30.8 Å². The molecule has 1 aliphatic rings. The average Bonchev–Trinajstić information content (AvgIpc) is 3.05. The summed E-state index contributed by atoms with van der Waals surface area (Å²) in [6, 6.07) is 12.2. The Morgan fingerprint density at radius 3 is 1.94 bits per heavy atom. The Bertz CT molecular complexity index is 999. The van der Waals surface area contributed by atoms with Gasteiger partial charge in [-0.05, 0) is 61.4 Å². The van der Waals surface area contributed by atoms with Crippen LogP contribution < -0.4 is 15.5 Å². The molecule has 1 saturated heterocycles. The summed E-state index contributed by atoms with van der Waals surface area (Å²) in [5.41, 5.74) is 1.50. The van der Waals surface area contributed by atoms with Crippen LogP contribution in [0.1, 0.15) is 36.0 Å². The van der Waals surface area contributed by atoms with Crippen LogP contribution >= 0.6 is 0 Å². The Kier molecular flexibility index (Phi) is 7.61. The van der Waals surface area contributed by atoms with Gasteiger partial charge in [-0.25, -0.2) is 13.2 Å². The molecule has 0 aromatic heterocycles. The number of benzene rings is 2. The SMILES string of the molecule is CONS(=O)(=O)c1ccc(C(=O)Nc2ccc(NC(=O)N3CCCCCC3)cc2)cc1. The lowest BCUT2D eigenvalue weighted by Gasteiger charge is -2.20. The summed E-state index contributed by atoms with van der Waals surface area (Å²) in [4.78, 5) is 33.0. The second-order valence-corrected chi connectivity index (χ2v) is 8.82. The third-order valence-electron chi connectivity index (χ3n) is 4.91. The zero-order chi connectivity index (χ0) is 22.3. The summed E-state index contributed by atoms with van der Waals surface area (Å²) in [7, 11) is -2.58. The van der Waals surface area contributed by atoms with Crippen LogP contribution in [0.25, 0.3) is 0 Å². The number of urea groups is 1. The van der Waals surface area contributed by atoms with Gasteiger partial charge in [-0.15, -0.1) is 0 Å². The number of sulfonamides is 1. The molecule has 3 N–H and O–H groups in total. The molecule has 0 aliphatic carbocycles. The Morgan fingerprint density at radius 1 is 0.839 bits per heavy atom. The summed E-state index contributed by atoms with van der Waals surface area (Å²) < 4.78 is 23.7. The van der Waals surface area contributed by atoms with Crippen LogP contribution in [-0.2, 0) is 14.9 Å². The fraction of sp³-hybridized carbons (Fsp3) is 0.333. The van der Waals surface area contributed by atoms with Crippen molar-refractivity contribution in [1.29, 1.82) is 0 Å². The number of hydrogen-bond acceptors (Lipinski definition) is 5. The topological polar surface area (TPSA) is 117 Å². The quantitative estimate of drug-likeness (QED) is 0.589. The van der Waals surface area contributed by atoms with Crippen LogP contribution in [0, 0.1) is 0 Å². The Balaban J connectivity index is 1.58. The number of carbonyl (C=O) groups excluding carboxylic acids is 2. The maximum absolute atomic E-state index is 12.4. The fourth-order valence-electron chi connectivity index (χ4n) is 3.26. The van der Waals surface area contributed by atoms with Gasteiger partial charge in [-0.2, -0.15) is 0 Å². The maximum Gasteiger partial charge on any atom is 0.321 e. The predicted octanol–water partition coefficient (Wildman–Crippen LogP) is 3.19. The van der Waals surface area contributed by atoms with E-state index in [0.717, 1.165) is 38.8 Å². The first kappa shape index (κ1) is 22.7. The zero-order valence-corrected chi connectivity index (χ0v) is 18.1. The highest BCUT2D eigenvalue weighted by molar-refractivity contribution is 7.89. The minimum absolute atomic E-state index is 0.0181. The van der Waals surface area contributed by atoms with E-state index in [4.69, 9.17) is 0 Å². The number of nitrogens with one attached hydrogen (secondary N) is 3. The molecule has 0 bridgehead atoms. The number of nitrogens with zero attached hydrogens (tertiary/aromatic N) is 1. The largest absolute Gasteiger partial charge is 0.325 e. The van der Waals surface area contributed by atoms with E-state index in [1.165, 1.54) is 31.4 Å². The summed E-state index contributed by atoms with van der Waals surface area (Å²) >= 11 is 0. The molecule has 2 aromatic carbocycles. The zero-order valence-electron chi connectivity index (χ0n) is 17.3. The van der Waals surface area contributed by atoms with E-state index in [0.29, 0.717) is 16.9 Å². The number of hydrogen-bond donors (Lipinski definition) is 3. The third kappa shape index (κ3) is 6.27. The molecule has 31 heavy (non-hydrogen) atoms. The highest BCUT2D eigenvalue weighted by atomic mass is 32.2. The molecule has 3 rings (SSSR count). The molecular formula is C21H26N4O5S. The van der Waals surface area contributed by atoms with Crippen LogP contribution in [0.3, 0.4) is 0 Å². The molecule has 0 saturated carbocycles. The van der Waals surface area contributed by atoms with Crippen molar-refractivity contribution in [3.05, 3.63) is 54.1 Å². The first-order valence-electron chi connectivity index (χ1n) is 10.0. The van der Waals surface area contributed by atoms with Crippen LogP contribution in [0.5, 0.6) is 0 Å². The lowest BCUT2D eigenvalue weighted by molar-refractivity contribution is 0.102. The van der Waals surface area contributed by atoms with Crippen LogP contribution in [-0.4, -0.2) is 45.5 Å². The number of anilines is 2. The number of carbonyl (C=O) groups is 2. The van der Waals surface area contributed by atoms with Crippen LogP contribution in [0.4, 0.5) is 16.2 Å². The van der Waals surface area contributed by atoms with E-state index in [1.54, 1.807) is 24.3 Å². The van der Waals surface area contributed by atoms with E-state index >= 15 is 0 Å². The molecule has 1 aliphatic heterocycles. The molecule has 0 atom stereocenters. The summed E-state index contributed by atoms with van der Waals surface area (Å²) in [5, 5.41) is 5.63. The monoisotopic (exact) mass is 446 g/mol. The van der Waals surface area contributed by atoms with Crippen molar-refractivity contribution in [1.82, 2.24) is 9.79 Å². The molecule has 9 nitrogen and oxygen atoms in total. The van der Waals surface area contributed by atoms with Gasteiger partial charge >= 0.3 is 6.03 Å². The molecule has 10 heteroatoms. The fourth-order valence-corrected chi connectivity index (χ4v) is 4.07. The minimum Gasteiger partial charge on any atom is -0.325 e. The summed E-state index contributed by atoms with van der Waals surface area (Å²) in [5.74, 6) is -0.384. The van der Waals surface area contributed by atoms with Gasteiger partial charge in [0.25, 0.3) is 15.9 Å². The molecule has 0 unspecified atom stereocenters. The molecule has 166 valence electrons. The van der Waals surface area contributed by atoms with Crippen molar-refractivity contribution < 1.29 is 22.8 Å². The van der Waals surface area contributed by atoms with E-state index < -0.39 is 10.0 Å². The van der Waals surface area contributed by atoms with Crippen molar-refractivity contribution in [2.45, 2.75) is 30.6 Å². The van der Waals surface area contributed by atoms with Crippen molar-refractivity contribution in [3.63, 3.8) is 0 Å². The minimum atomic E-state index is -3.78. The Labute approximate surface area is 181 Å². The van der Waals surface area contributed by atoms with Crippen molar-refractivity contribution >= 4 is 33.3 Å². The van der Waals surface area contributed by atoms with Crippen LogP contribution in [0.2, 0.25) is 0 Å². The Hall–Kier alpha value is -2.95. The normalized spacial score (nSPS) is 14.5.